The molecule has 0 bridgehead atoms. The molecule has 3 unspecified atom stereocenters. The van der Waals surface area contributed by atoms with Crippen molar-refractivity contribution in [2.45, 2.75) is 18.2 Å². The molecule has 8 heavy (non-hydrogen) atoms. The van der Waals surface area contributed by atoms with E-state index in [0.717, 1.165) is 13.2 Å². The summed E-state index contributed by atoms with van der Waals surface area (Å²) >= 11 is 0. The molecule has 3 heteroatoms. The molecule has 3 atom stereocenters. The molecule has 1 saturated carbocycles. The molecule has 1 saturated heterocycles. The first-order valence-electron chi connectivity index (χ1n) is 3.00. The summed E-state index contributed by atoms with van der Waals surface area (Å²) in [6.07, 6.45) is 0.337. The maximum atomic E-state index is 5.58. The second-order valence-electron chi connectivity index (χ2n) is 2.39. The minimum Gasteiger partial charge on any atom is -0.374 e. The van der Waals surface area contributed by atoms with E-state index in [1.807, 2.05) is 0 Å². The van der Waals surface area contributed by atoms with Gasteiger partial charge in [-0.05, 0) is 0 Å². The minimum absolute atomic E-state index is 0.275. The van der Waals surface area contributed by atoms with Gasteiger partial charge in [-0.3, -0.25) is 0 Å². The summed E-state index contributed by atoms with van der Waals surface area (Å²) in [5, 5.41) is 3.26. The van der Waals surface area contributed by atoms with Gasteiger partial charge in [0.25, 0.3) is 0 Å². The summed E-state index contributed by atoms with van der Waals surface area (Å²) in [4.78, 5) is 0. The van der Waals surface area contributed by atoms with E-state index in [1.165, 1.54) is 0 Å². The fraction of sp³-hybridized carbons (Fsp3) is 1.00. The molecule has 3 nitrogen and oxygen atoms in total. The van der Waals surface area contributed by atoms with Gasteiger partial charge in [0.15, 0.2) is 0 Å². The Balaban J connectivity index is 1.97. The summed E-state index contributed by atoms with van der Waals surface area (Å²) in [5.41, 5.74) is 5.58. The van der Waals surface area contributed by atoms with Crippen molar-refractivity contribution >= 4 is 0 Å². The standard InChI is InChI=1S/C5H10N2O/c6-3-4-5(3)8-2-1-7-4/h3-5,7H,1-2,6H2. The van der Waals surface area contributed by atoms with Crippen molar-refractivity contribution in [2.24, 2.45) is 5.73 Å². The first-order valence-corrected chi connectivity index (χ1v) is 3.00. The Morgan fingerprint density at radius 2 is 2.50 bits per heavy atom. The van der Waals surface area contributed by atoms with E-state index in [0.29, 0.717) is 12.1 Å². The smallest absolute Gasteiger partial charge is 0.0911 e. The number of hydrogen-bond donors (Lipinski definition) is 2. The van der Waals surface area contributed by atoms with E-state index in [1.54, 1.807) is 0 Å². The largest absolute Gasteiger partial charge is 0.374 e. The van der Waals surface area contributed by atoms with Gasteiger partial charge in [0, 0.05) is 6.54 Å². The molecule has 0 aromatic heterocycles. The number of hydrogen-bond acceptors (Lipinski definition) is 3. The van der Waals surface area contributed by atoms with Crippen molar-refractivity contribution < 1.29 is 4.74 Å². The second kappa shape index (κ2) is 1.43. The molecule has 0 aromatic rings. The van der Waals surface area contributed by atoms with Gasteiger partial charge in [0.1, 0.15) is 0 Å². The van der Waals surface area contributed by atoms with Crippen molar-refractivity contribution in [1.29, 1.82) is 0 Å². The third-order valence-corrected chi connectivity index (χ3v) is 1.80. The van der Waals surface area contributed by atoms with Gasteiger partial charge in [-0.1, -0.05) is 0 Å². The Bertz CT molecular complexity index is 94.6. The molecule has 0 amide bonds. The van der Waals surface area contributed by atoms with E-state index in [-0.39, 0.29) is 6.04 Å². The number of rotatable bonds is 0. The maximum Gasteiger partial charge on any atom is 0.0911 e. The summed E-state index contributed by atoms with van der Waals surface area (Å²) in [7, 11) is 0. The normalized spacial score (nSPS) is 52.9. The number of fused-ring (bicyclic) bond motifs is 1. The topological polar surface area (TPSA) is 47.3 Å². The first kappa shape index (κ1) is 4.73. The lowest BCUT2D eigenvalue weighted by Gasteiger charge is -2.09. The summed E-state index contributed by atoms with van der Waals surface area (Å²) in [6, 6.07) is 0.751. The van der Waals surface area contributed by atoms with Crippen LogP contribution in [-0.2, 0) is 4.74 Å². The van der Waals surface area contributed by atoms with Crippen molar-refractivity contribution in [3.05, 3.63) is 0 Å². The molecule has 1 aliphatic heterocycles. The van der Waals surface area contributed by atoms with Gasteiger partial charge in [-0.2, -0.15) is 0 Å². The van der Waals surface area contributed by atoms with E-state index in [4.69, 9.17) is 10.5 Å². The fourth-order valence-corrected chi connectivity index (χ4v) is 1.19. The first-order chi connectivity index (χ1) is 3.89. The lowest BCUT2D eigenvalue weighted by atomic mass is 10.5. The zero-order valence-corrected chi connectivity index (χ0v) is 4.63. The van der Waals surface area contributed by atoms with Crippen LogP contribution in [0.1, 0.15) is 0 Å². The Hall–Kier alpha value is -0.120. The van der Waals surface area contributed by atoms with Crippen molar-refractivity contribution in [1.82, 2.24) is 5.32 Å². The predicted molar refractivity (Wildman–Crippen MR) is 29.5 cm³/mol. The van der Waals surface area contributed by atoms with Crippen LogP contribution in [0.5, 0.6) is 0 Å². The lowest BCUT2D eigenvalue weighted by Crippen LogP contribution is -2.31. The van der Waals surface area contributed by atoms with Gasteiger partial charge in [0.2, 0.25) is 0 Å². The third-order valence-electron chi connectivity index (χ3n) is 1.80. The summed E-state index contributed by atoms with van der Waals surface area (Å²) in [6.45, 7) is 1.80. The zero-order chi connectivity index (χ0) is 5.56. The molecule has 1 aliphatic carbocycles. The molecular formula is C5H10N2O. The Labute approximate surface area is 48.2 Å². The van der Waals surface area contributed by atoms with Crippen LogP contribution in [0.3, 0.4) is 0 Å². The highest BCUT2D eigenvalue weighted by atomic mass is 16.5. The number of nitrogens with two attached hydrogens (primary N) is 1. The van der Waals surface area contributed by atoms with Gasteiger partial charge in [0.05, 0.1) is 24.8 Å². The highest BCUT2D eigenvalue weighted by molar-refractivity contribution is 5.10. The molecule has 0 aromatic carbocycles. The van der Waals surface area contributed by atoms with Crippen LogP contribution in [-0.4, -0.2) is 31.3 Å². The molecule has 1 heterocycles. The van der Waals surface area contributed by atoms with Crippen LogP contribution in [0.4, 0.5) is 0 Å². The Kier molecular flexibility index (Phi) is 0.848. The molecular weight excluding hydrogens is 104 g/mol. The maximum absolute atomic E-state index is 5.58. The molecule has 3 N–H and O–H groups in total. The zero-order valence-electron chi connectivity index (χ0n) is 4.63. The number of ether oxygens (including phenoxy) is 1. The van der Waals surface area contributed by atoms with Crippen LogP contribution in [0, 0.1) is 0 Å². The van der Waals surface area contributed by atoms with E-state index in [9.17, 15) is 0 Å². The van der Waals surface area contributed by atoms with Crippen molar-refractivity contribution in [3.63, 3.8) is 0 Å². The molecule has 2 aliphatic rings. The predicted octanol–water partition coefficient (Wildman–Crippen LogP) is -1.32. The SMILES string of the molecule is NC1C2NCCOC12. The van der Waals surface area contributed by atoms with Crippen LogP contribution in [0.2, 0.25) is 0 Å². The molecule has 0 spiro atoms. The number of morpholine rings is 1. The van der Waals surface area contributed by atoms with Gasteiger partial charge < -0.3 is 15.8 Å². The Morgan fingerprint density at radius 1 is 1.62 bits per heavy atom. The van der Waals surface area contributed by atoms with E-state index >= 15 is 0 Å². The fourth-order valence-electron chi connectivity index (χ4n) is 1.19. The summed E-state index contributed by atoms with van der Waals surface area (Å²) < 4.78 is 5.28. The highest BCUT2D eigenvalue weighted by Gasteiger charge is 2.50. The summed E-state index contributed by atoms with van der Waals surface area (Å²) in [5.74, 6) is 0. The van der Waals surface area contributed by atoms with Gasteiger partial charge >= 0.3 is 0 Å². The highest BCUT2D eigenvalue weighted by Crippen LogP contribution is 2.25. The van der Waals surface area contributed by atoms with Gasteiger partial charge in [-0.15, -0.1) is 0 Å². The van der Waals surface area contributed by atoms with Crippen LogP contribution >= 0.6 is 0 Å². The Morgan fingerprint density at radius 3 is 3.00 bits per heavy atom. The van der Waals surface area contributed by atoms with Gasteiger partial charge in [-0.25, -0.2) is 0 Å². The van der Waals surface area contributed by atoms with Crippen molar-refractivity contribution in [2.75, 3.05) is 13.2 Å². The number of nitrogens with one attached hydrogen (secondary N) is 1. The van der Waals surface area contributed by atoms with Crippen LogP contribution < -0.4 is 11.1 Å². The molecule has 0 radical (unpaired) electrons. The second-order valence-corrected chi connectivity index (χ2v) is 2.39. The average molecular weight is 114 g/mol. The molecule has 46 valence electrons. The van der Waals surface area contributed by atoms with E-state index < -0.39 is 0 Å². The minimum atomic E-state index is 0.275. The quantitative estimate of drug-likeness (QED) is 0.411. The molecule has 2 fully saturated rings. The van der Waals surface area contributed by atoms with Crippen LogP contribution in [0.25, 0.3) is 0 Å². The lowest BCUT2D eigenvalue weighted by molar-refractivity contribution is 0.0903. The monoisotopic (exact) mass is 114 g/mol. The average Bonchev–Trinajstić information content (AvgIpc) is 2.46. The van der Waals surface area contributed by atoms with Crippen molar-refractivity contribution in [3.8, 4) is 0 Å². The van der Waals surface area contributed by atoms with Crippen LogP contribution in [0.15, 0.2) is 0 Å². The van der Waals surface area contributed by atoms with E-state index in [2.05, 4.69) is 5.32 Å². The third kappa shape index (κ3) is 0.491. The molecule has 2 rings (SSSR count).